The third-order valence-electron chi connectivity index (χ3n) is 5.80. The Kier molecular flexibility index (Phi) is 6.16. The van der Waals surface area contributed by atoms with E-state index in [9.17, 15) is 18.8 Å². The van der Waals surface area contributed by atoms with Crippen LogP contribution in [0.5, 0.6) is 0 Å². The van der Waals surface area contributed by atoms with E-state index < -0.39 is 5.92 Å². The molecule has 0 saturated carbocycles. The Labute approximate surface area is 180 Å². The summed E-state index contributed by atoms with van der Waals surface area (Å²) in [6, 6.07) is 15.6. The molecule has 1 atom stereocenters. The van der Waals surface area contributed by atoms with Crippen LogP contribution in [0.1, 0.15) is 6.42 Å². The molecule has 2 aliphatic heterocycles. The van der Waals surface area contributed by atoms with Gasteiger partial charge < -0.3 is 20.0 Å². The highest BCUT2D eigenvalue weighted by molar-refractivity contribution is 6.00. The fraction of sp³-hybridized carbons (Fsp3) is 0.348. The Hall–Kier alpha value is -3.42. The van der Waals surface area contributed by atoms with Crippen LogP contribution in [0.2, 0.25) is 0 Å². The predicted octanol–water partition coefficient (Wildman–Crippen LogP) is 1.64. The van der Waals surface area contributed by atoms with Crippen molar-refractivity contribution in [2.24, 2.45) is 5.92 Å². The first-order chi connectivity index (χ1) is 15.0. The second-order valence-corrected chi connectivity index (χ2v) is 7.80. The Bertz CT molecular complexity index is 943. The lowest BCUT2D eigenvalue weighted by atomic mass is 10.1. The van der Waals surface area contributed by atoms with Crippen molar-refractivity contribution >= 4 is 29.1 Å². The zero-order valence-electron chi connectivity index (χ0n) is 17.2. The van der Waals surface area contributed by atoms with E-state index in [1.165, 1.54) is 12.1 Å². The summed E-state index contributed by atoms with van der Waals surface area (Å²) in [5.41, 5.74) is 1.70. The summed E-state index contributed by atoms with van der Waals surface area (Å²) in [5, 5.41) is 2.70. The van der Waals surface area contributed by atoms with Crippen molar-refractivity contribution in [3.05, 3.63) is 60.4 Å². The van der Waals surface area contributed by atoms with Crippen molar-refractivity contribution in [3.63, 3.8) is 0 Å². The van der Waals surface area contributed by atoms with Crippen LogP contribution in [0, 0.1) is 11.7 Å². The number of hydrogen-bond donors (Lipinski definition) is 1. The van der Waals surface area contributed by atoms with Crippen molar-refractivity contribution < 1.29 is 18.8 Å². The van der Waals surface area contributed by atoms with E-state index in [2.05, 4.69) is 10.2 Å². The first kappa shape index (κ1) is 20.8. The topological polar surface area (TPSA) is 73.0 Å². The van der Waals surface area contributed by atoms with Gasteiger partial charge in [0.25, 0.3) is 0 Å². The van der Waals surface area contributed by atoms with E-state index in [-0.39, 0.29) is 36.5 Å². The van der Waals surface area contributed by atoms with Crippen LogP contribution in [0.3, 0.4) is 0 Å². The summed E-state index contributed by atoms with van der Waals surface area (Å²) in [6.07, 6.45) is 0.144. The molecule has 2 aromatic rings. The zero-order valence-corrected chi connectivity index (χ0v) is 17.2. The maximum atomic E-state index is 13.1. The lowest BCUT2D eigenvalue weighted by molar-refractivity contribution is -0.134. The Morgan fingerprint density at radius 3 is 2.29 bits per heavy atom. The van der Waals surface area contributed by atoms with E-state index >= 15 is 0 Å². The van der Waals surface area contributed by atoms with Crippen LogP contribution in [0.15, 0.2) is 54.6 Å². The summed E-state index contributed by atoms with van der Waals surface area (Å²) in [4.78, 5) is 42.8. The number of carbonyl (C=O) groups is 3. The highest BCUT2D eigenvalue weighted by atomic mass is 19.1. The fourth-order valence-electron chi connectivity index (χ4n) is 4.03. The molecule has 1 N–H and O–H groups in total. The van der Waals surface area contributed by atoms with Gasteiger partial charge in [-0.2, -0.15) is 0 Å². The van der Waals surface area contributed by atoms with Crippen LogP contribution in [0.25, 0.3) is 0 Å². The molecule has 2 aromatic carbocycles. The Morgan fingerprint density at radius 2 is 1.61 bits per heavy atom. The first-order valence-electron chi connectivity index (χ1n) is 10.4. The normalized spacial score (nSPS) is 18.9. The molecule has 0 radical (unpaired) electrons. The maximum Gasteiger partial charge on any atom is 0.242 e. The van der Waals surface area contributed by atoms with Crippen molar-refractivity contribution in [3.8, 4) is 0 Å². The smallest absolute Gasteiger partial charge is 0.242 e. The molecule has 31 heavy (non-hydrogen) atoms. The number of benzene rings is 2. The first-order valence-corrected chi connectivity index (χ1v) is 10.4. The largest absolute Gasteiger partial charge is 0.368 e. The second-order valence-electron chi connectivity index (χ2n) is 7.80. The molecule has 0 aromatic heterocycles. The van der Waals surface area contributed by atoms with Gasteiger partial charge in [0.15, 0.2) is 0 Å². The van der Waals surface area contributed by atoms with Crippen LogP contribution >= 0.6 is 0 Å². The molecule has 8 heteroatoms. The molecular weight excluding hydrogens is 399 g/mol. The predicted molar refractivity (Wildman–Crippen MR) is 115 cm³/mol. The summed E-state index contributed by atoms with van der Waals surface area (Å²) >= 11 is 0. The van der Waals surface area contributed by atoms with E-state index in [4.69, 9.17) is 0 Å². The van der Waals surface area contributed by atoms with Gasteiger partial charge >= 0.3 is 0 Å². The van der Waals surface area contributed by atoms with Crippen molar-refractivity contribution in [2.75, 3.05) is 49.1 Å². The second kappa shape index (κ2) is 9.16. The number of halogens is 1. The average Bonchev–Trinajstić information content (AvgIpc) is 3.20. The number of nitrogens with one attached hydrogen (secondary N) is 1. The summed E-state index contributed by atoms with van der Waals surface area (Å²) in [7, 11) is 0. The number of rotatable bonds is 5. The highest BCUT2D eigenvalue weighted by Crippen LogP contribution is 2.24. The summed E-state index contributed by atoms with van der Waals surface area (Å²) < 4.78 is 13.1. The minimum Gasteiger partial charge on any atom is -0.368 e. The lowest BCUT2D eigenvalue weighted by Crippen LogP contribution is -2.51. The molecule has 0 spiro atoms. The monoisotopic (exact) mass is 424 g/mol. The van der Waals surface area contributed by atoms with Gasteiger partial charge in [-0.25, -0.2) is 4.39 Å². The van der Waals surface area contributed by atoms with Crippen molar-refractivity contribution in [1.82, 2.24) is 10.2 Å². The number of piperazine rings is 1. The average molecular weight is 424 g/mol. The number of para-hydroxylation sites is 1. The van der Waals surface area contributed by atoms with Crippen LogP contribution < -0.4 is 15.1 Å². The fourth-order valence-corrected chi connectivity index (χ4v) is 4.03. The van der Waals surface area contributed by atoms with Gasteiger partial charge in [0.05, 0.1) is 12.5 Å². The van der Waals surface area contributed by atoms with Gasteiger partial charge in [-0.1, -0.05) is 18.2 Å². The molecule has 2 fully saturated rings. The molecule has 162 valence electrons. The standard InChI is InChI=1S/C23H25FN4O3/c24-18-6-8-19(9-7-18)26-10-12-27(13-11-26)22(30)15-25-23(31)17-14-21(29)28(16-17)20-4-2-1-3-5-20/h1-9,17H,10-16H2,(H,25,31)/t17-/m1/s1. The number of carbonyl (C=O) groups excluding carboxylic acids is 3. The van der Waals surface area contributed by atoms with Gasteiger partial charge in [0.2, 0.25) is 17.7 Å². The molecular formula is C23H25FN4O3. The molecule has 4 rings (SSSR count). The van der Waals surface area contributed by atoms with Gasteiger partial charge in [-0.05, 0) is 36.4 Å². The minimum atomic E-state index is -0.462. The Morgan fingerprint density at radius 1 is 0.935 bits per heavy atom. The van der Waals surface area contributed by atoms with E-state index in [0.29, 0.717) is 32.7 Å². The third kappa shape index (κ3) is 4.84. The summed E-state index contributed by atoms with van der Waals surface area (Å²) in [6.45, 7) is 2.61. The third-order valence-corrected chi connectivity index (χ3v) is 5.80. The highest BCUT2D eigenvalue weighted by Gasteiger charge is 2.35. The zero-order chi connectivity index (χ0) is 21.8. The van der Waals surface area contributed by atoms with Gasteiger partial charge in [-0.3, -0.25) is 14.4 Å². The minimum absolute atomic E-state index is 0.0780. The van der Waals surface area contributed by atoms with E-state index in [1.54, 1.807) is 21.9 Å². The van der Waals surface area contributed by atoms with Crippen LogP contribution in [-0.2, 0) is 14.4 Å². The number of anilines is 2. The molecule has 2 heterocycles. The van der Waals surface area contributed by atoms with Crippen LogP contribution in [0.4, 0.5) is 15.8 Å². The van der Waals surface area contributed by atoms with Gasteiger partial charge in [0, 0.05) is 50.5 Å². The van der Waals surface area contributed by atoms with Crippen molar-refractivity contribution in [2.45, 2.75) is 6.42 Å². The molecule has 0 bridgehead atoms. The summed E-state index contributed by atoms with van der Waals surface area (Å²) in [5.74, 6) is -1.24. The number of nitrogens with zero attached hydrogens (tertiary/aromatic N) is 3. The van der Waals surface area contributed by atoms with Crippen molar-refractivity contribution in [1.29, 1.82) is 0 Å². The number of hydrogen-bond acceptors (Lipinski definition) is 4. The molecule has 0 aliphatic carbocycles. The lowest BCUT2D eigenvalue weighted by Gasteiger charge is -2.36. The Balaban J connectivity index is 1.23. The molecule has 2 saturated heterocycles. The maximum absolute atomic E-state index is 13.1. The van der Waals surface area contributed by atoms with Crippen LogP contribution in [-0.4, -0.2) is 61.9 Å². The van der Waals surface area contributed by atoms with E-state index in [0.717, 1.165) is 11.4 Å². The van der Waals surface area contributed by atoms with Gasteiger partial charge in [-0.15, -0.1) is 0 Å². The quantitative estimate of drug-likeness (QED) is 0.792. The number of amides is 3. The van der Waals surface area contributed by atoms with Gasteiger partial charge in [0.1, 0.15) is 5.82 Å². The SMILES string of the molecule is O=C(NCC(=O)N1CCN(c2ccc(F)cc2)CC1)[C@@H]1CC(=O)N(c2ccccc2)C1. The molecule has 0 unspecified atom stereocenters. The molecule has 2 aliphatic rings. The molecule has 3 amide bonds. The van der Waals surface area contributed by atoms with E-state index in [1.807, 2.05) is 30.3 Å². The molecule has 7 nitrogen and oxygen atoms in total.